The Balaban J connectivity index is 1.44. The van der Waals surface area contributed by atoms with E-state index in [0.717, 1.165) is 22.0 Å². The van der Waals surface area contributed by atoms with Crippen molar-refractivity contribution in [3.8, 4) is 0 Å². The number of thioether (sulfide) groups is 1. The summed E-state index contributed by atoms with van der Waals surface area (Å²) in [7, 11) is 0. The number of benzene rings is 1. The van der Waals surface area contributed by atoms with Gasteiger partial charge in [0.25, 0.3) is 5.91 Å². The number of furan rings is 1. The van der Waals surface area contributed by atoms with Gasteiger partial charge in [-0.1, -0.05) is 18.2 Å². The molecule has 0 aliphatic heterocycles. The number of nitrogens with zero attached hydrogens (tertiary/aromatic N) is 1. The van der Waals surface area contributed by atoms with E-state index in [4.69, 9.17) is 4.42 Å². The number of hydrogen-bond donors (Lipinski definition) is 2. The zero-order valence-electron chi connectivity index (χ0n) is 14.6. The predicted molar refractivity (Wildman–Crippen MR) is 105 cm³/mol. The second kappa shape index (κ2) is 9.59. The largest absolute Gasteiger partial charge is 0.459 e. The molecule has 0 unspecified atom stereocenters. The Kier molecular flexibility index (Phi) is 6.65. The first-order valence-corrected chi connectivity index (χ1v) is 9.43. The fraction of sp³-hybridized carbons (Fsp3) is 0.150. The summed E-state index contributed by atoms with van der Waals surface area (Å²) in [4.78, 5) is 28.1. The molecular weight excluding hydrogens is 362 g/mol. The molecule has 6 nitrogen and oxygen atoms in total. The van der Waals surface area contributed by atoms with E-state index in [9.17, 15) is 9.59 Å². The van der Waals surface area contributed by atoms with E-state index >= 15 is 0 Å². The average Bonchev–Trinajstić information content (AvgIpc) is 3.22. The minimum Gasteiger partial charge on any atom is -0.459 e. The third kappa shape index (κ3) is 6.00. The Morgan fingerprint density at radius 1 is 1.07 bits per heavy atom. The highest BCUT2D eigenvalue weighted by molar-refractivity contribution is 7.98. The Morgan fingerprint density at radius 2 is 2.00 bits per heavy atom. The summed E-state index contributed by atoms with van der Waals surface area (Å²) in [5.41, 5.74) is 1.83. The van der Waals surface area contributed by atoms with Gasteiger partial charge in [-0.25, -0.2) is 4.98 Å². The molecule has 2 amide bonds. The second-order valence-electron chi connectivity index (χ2n) is 5.69. The van der Waals surface area contributed by atoms with Crippen molar-refractivity contribution in [1.29, 1.82) is 0 Å². The Hall–Kier alpha value is -3.06. The summed E-state index contributed by atoms with van der Waals surface area (Å²) in [5, 5.41) is 6.46. The van der Waals surface area contributed by atoms with E-state index in [1.54, 1.807) is 30.1 Å². The van der Waals surface area contributed by atoms with Crippen molar-refractivity contribution in [1.82, 2.24) is 10.3 Å². The van der Waals surface area contributed by atoms with Crippen LogP contribution in [0.15, 0.2) is 76.5 Å². The van der Waals surface area contributed by atoms with Gasteiger partial charge in [-0.2, -0.15) is 0 Å². The number of carbonyl (C=O) groups excluding carboxylic acids is 2. The maximum Gasteiger partial charge on any atom is 0.286 e. The van der Waals surface area contributed by atoms with Crippen LogP contribution in [0.3, 0.4) is 0 Å². The first kappa shape index (κ1) is 18.7. The molecule has 0 bridgehead atoms. The number of hydrogen-bond acceptors (Lipinski definition) is 5. The summed E-state index contributed by atoms with van der Waals surface area (Å²) in [6.45, 7) is 0.237. The molecule has 3 aromatic rings. The monoisotopic (exact) mass is 381 g/mol. The molecule has 2 heterocycles. The smallest absolute Gasteiger partial charge is 0.286 e. The zero-order valence-corrected chi connectivity index (χ0v) is 15.4. The highest BCUT2D eigenvalue weighted by Gasteiger charge is 2.09. The minimum absolute atomic E-state index is 0.163. The molecule has 0 saturated heterocycles. The molecule has 27 heavy (non-hydrogen) atoms. The topological polar surface area (TPSA) is 84.2 Å². The van der Waals surface area contributed by atoms with Gasteiger partial charge in [-0.15, -0.1) is 11.8 Å². The summed E-state index contributed by atoms with van der Waals surface area (Å²) in [5.74, 6) is 0.499. The first-order chi connectivity index (χ1) is 13.2. The molecule has 7 heteroatoms. The van der Waals surface area contributed by atoms with Gasteiger partial charge >= 0.3 is 0 Å². The van der Waals surface area contributed by atoms with E-state index in [1.165, 1.54) is 6.26 Å². The Labute approximate surface area is 161 Å². The molecule has 138 valence electrons. The van der Waals surface area contributed by atoms with Gasteiger partial charge in [0.2, 0.25) is 5.91 Å². The van der Waals surface area contributed by atoms with Crippen LogP contribution in [-0.4, -0.2) is 23.3 Å². The Morgan fingerprint density at radius 3 is 2.78 bits per heavy atom. The molecule has 0 atom stereocenters. The maximum absolute atomic E-state index is 12.1. The molecular formula is C20H19N3O3S. The molecule has 0 aliphatic rings. The van der Waals surface area contributed by atoms with E-state index in [-0.39, 0.29) is 30.5 Å². The van der Waals surface area contributed by atoms with Gasteiger partial charge in [0.05, 0.1) is 11.3 Å². The second-order valence-corrected chi connectivity index (χ2v) is 6.68. The van der Waals surface area contributed by atoms with Crippen molar-refractivity contribution in [3.05, 3.63) is 78.4 Å². The van der Waals surface area contributed by atoms with Crippen molar-refractivity contribution in [2.24, 2.45) is 0 Å². The van der Waals surface area contributed by atoms with Crippen molar-refractivity contribution in [2.45, 2.75) is 17.2 Å². The normalized spacial score (nSPS) is 10.4. The zero-order chi connectivity index (χ0) is 18.9. The molecule has 0 saturated carbocycles. The van der Waals surface area contributed by atoms with Gasteiger partial charge in [0, 0.05) is 30.6 Å². The molecule has 0 radical (unpaired) electrons. The van der Waals surface area contributed by atoms with E-state index in [2.05, 4.69) is 15.6 Å². The Bertz CT molecular complexity index is 883. The van der Waals surface area contributed by atoms with Crippen LogP contribution in [0.4, 0.5) is 5.69 Å². The quantitative estimate of drug-likeness (QED) is 0.581. The first-order valence-electron chi connectivity index (χ1n) is 8.45. The number of carbonyl (C=O) groups is 2. The SMILES string of the molecule is O=C(CCNC(=O)c1ccco1)Nc1cccc(CSc2ccccn2)c1. The lowest BCUT2D eigenvalue weighted by molar-refractivity contribution is -0.116. The molecule has 1 aromatic carbocycles. The van der Waals surface area contributed by atoms with Gasteiger partial charge < -0.3 is 15.1 Å². The van der Waals surface area contributed by atoms with Crippen LogP contribution < -0.4 is 10.6 Å². The van der Waals surface area contributed by atoms with Crippen LogP contribution in [0.5, 0.6) is 0 Å². The highest BCUT2D eigenvalue weighted by atomic mass is 32.2. The van der Waals surface area contributed by atoms with Crippen LogP contribution in [0.25, 0.3) is 0 Å². The van der Waals surface area contributed by atoms with Crippen LogP contribution >= 0.6 is 11.8 Å². The van der Waals surface area contributed by atoms with Crippen LogP contribution in [-0.2, 0) is 10.5 Å². The lowest BCUT2D eigenvalue weighted by Gasteiger charge is -2.08. The van der Waals surface area contributed by atoms with Gasteiger partial charge in [-0.3, -0.25) is 9.59 Å². The molecule has 3 rings (SSSR count). The van der Waals surface area contributed by atoms with Gasteiger partial charge in [0.15, 0.2) is 5.76 Å². The van der Waals surface area contributed by atoms with Crippen LogP contribution in [0, 0.1) is 0 Å². The number of nitrogens with one attached hydrogen (secondary N) is 2. The number of pyridine rings is 1. The third-order valence-corrected chi connectivity index (χ3v) is 4.63. The van der Waals surface area contributed by atoms with E-state index in [0.29, 0.717) is 0 Å². The summed E-state index contributed by atoms with van der Waals surface area (Å²) < 4.78 is 5.00. The average molecular weight is 381 g/mol. The number of rotatable bonds is 8. The number of amides is 2. The fourth-order valence-electron chi connectivity index (χ4n) is 2.34. The lowest BCUT2D eigenvalue weighted by atomic mass is 10.2. The van der Waals surface area contributed by atoms with E-state index < -0.39 is 0 Å². The van der Waals surface area contributed by atoms with Crippen LogP contribution in [0.1, 0.15) is 22.5 Å². The maximum atomic E-state index is 12.1. The van der Waals surface area contributed by atoms with Crippen molar-refractivity contribution in [2.75, 3.05) is 11.9 Å². The van der Waals surface area contributed by atoms with Crippen molar-refractivity contribution >= 4 is 29.3 Å². The van der Waals surface area contributed by atoms with Crippen molar-refractivity contribution < 1.29 is 14.0 Å². The summed E-state index contributed by atoms with van der Waals surface area (Å²) in [6.07, 6.45) is 3.38. The summed E-state index contributed by atoms with van der Waals surface area (Å²) >= 11 is 1.64. The predicted octanol–water partition coefficient (Wildman–Crippen LogP) is 3.73. The molecule has 0 aliphatic carbocycles. The van der Waals surface area contributed by atoms with E-state index in [1.807, 2.05) is 42.5 Å². The molecule has 0 fully saturated rings. The number of anilines is 1. The van der Waals surface area contributed by atoms with Gasteiger partial charge in [0.1, 0.15) is 0 Å². The molecule has 2 aromatic heterocycles. The van der Waals surface area contributed by atoms with Crippen molar-refractivity contribution in [3.63, 3.8) is 0 Å². The van der Waals surface area contributed by atoms with Gasteiger partial charge in [-0.05, 0) is 42.0 Å². The minimum atomic E-state index is -0.332. The third-order valence-electron chi connectivity index (χ3n) is 3.62. The standard InChI is InChI=1S/C20H19N3O3S/c24-18(9-11-22-20(25)17-7-4-12-26-17)23-16-6-3-5-15(13-16)14-27-19-8-1-2-10-21-19/h1-8,10,12-13H,9,11,14H2,(H,22,25)(H,23,24). The highest BCUT2D eigenvalue weighted by Crippen LogP contribution is 2.22. The molecule has 0 spiro atoms. The fourth-order valence-corrected chi connectivity index (χ4v) is 3.14. The van der Waals surface area contributed by atoms with Crippen LogP contribution in [0.2, 0.25) is 0 Å². The summed E-state index contributed by atoms with van der Waals surface area (Å²) in [6, 6.07) is 16.7. The number of aromatic nitrogens is 1. The molecule has 2 N–H and O–H groups in total. The lowest BCUT2D eigenvalue weighted by Crippen LogP contribution is -2.27.